The second-order valence-electron chi connectivity index (χ2n) is 7.51. The minimum atomic E-state index is -0.729. The average molecular weight is 344 g/mol. The molecule has 0 aromatic heterocycles. The lowest BCUT2D eigenvalue weighted by atomic mass is 9.88. The van der Waals surface area contributed by atoms with Crippen molar-refractivity contribution in [2.45, 2.75) is 56.6 Å². The molecule has 1 atom stereocenters. The van der Waals surface area contributed by atoms with Crippen LogP contribution in [0.15, 0.2) is 24.3 Å². The molecule has 5 heteroatoms. The Bertz CT molecular complexity index is 634. The van der Waals surface area contributed by atoms with Crippen LogP contribution in [0.25, 0.3) is 0 Å². The summed E-state index contributed by atoms with van der Waals surface area (Å²) in [6, 6.07) is 7.34. The Morgan fingerprint density at radius 2 is 1.88 bits per heavy atom. The number of cyclic esters (lactones) is 1. The molecule has 0 bridgehead atoms. The number of carbonyl (C=O) groups is 2. The fourth-order valence-electron chi connectivity index (χ4n) is 4.01. The van der Waals surface area contributed by atoms with E-state index < -0.39 is 12.1 Å². The first-order valence-corrected chi connectivity index (χ1v) is 9.26. The van der Waals surface area contributed by atoms with Gasteiger partial charge in [0.2, 0.25) is 0 Å². The van der Waals surface area contributed by atoms with Gasteiger partial charge in [-0.05, 0) is 38.6 Å². The molecule has 136 valence electrons. The van der Waals surface area contributed by atoms with Crippen LogP contribution >= 0.6 is 0 Å². The van der Waals surface area contributed by atoms with E-state index in [2.05, 4.69) is 24.3 Å². The van der Waals surface area contributed by atoms with Gasteiger partial charge in [-0.25, -0.2) is 4.79 Å². The summed E-state index contributed by atoms with van der Waals surface area (Å²) in [5.74, 6) is -0.591. The highest BCUT2D eigenvalue weighted by atomic mass is 16.5. The molecule has 3 rings (SSSR count). The smallest absolute Gasteiger partial charge is 0.339 e. The third-order valence-corrected chi connectivity index (χ3v) is 5.76. The predicted octanol–water partition coefficient (Wildman–Crippen LogP) is 2.54. The highest BCUT2D eigenvalue weighted by Gasteiger charge is 2.36. The van der Waals surface area contributed by atoms with Crippen LogP contribution in [0.2, 0.25) is 0 Å². The summed E-state index contributed by atoms with van der Waals surface area (Å²) < 4.78 is 5.37. The maximum atomic E-state index is 12.6. The molecule has 1 aliphatic heterocycles. The van der Waals surface area contributed by atoms with Crippen molar-refractivity contribution < 1.29 is 14.3 Å². The number of likely N-dealkylation sites (N-methyl/N-ethyl adjacent to an activating group) is 1. The average Bonchev–Trinajstić information content (AvgIpc) is 2.86. The van der Waals surface area contributed by atoms with E-state index in [1.54, 1.807) is 6.07 Å². The molecule has 1 aromatic rings. The van der Waals surface area contributed by atoms with Gasteiger partial charge in [0.25, 0.3) is 5.91 Å². The van der Waals surface area contributed by atoms with Gasteiger partial charge < -0.3 is 15.0 Å². The number of nitrogens with one attached hydrogen (secondary N) is 1. The molecule has 1 aliphatic carbocycles. The largest absolute Gasteiger partial charge is 0.448 e. The Kier molecular flexibility index (Phi) is 5.42. The number of ether oxygens (including phenoxy) is 1. The molecule has 2 aliphatic rings. The number of hydrogen-bond donors (Lipinski definition) is 1. The highest BCUT2D eigenvalue weighted by Crippen LogP contribution is 2.30. The summed E-state index contributed by atoms with van der Waals surface area (Å²) in [7, 11) is 4.18. The zero-order valence-corrected chi connectivity index (χ0v) is 15.2. The molecule has 1 saturated carbocycles. The zero-order chi connectivity index (χ0) is 17.9. The molecular formula is C20H28N2O3. The molecule has 1 aromatic carbocycles. The Balaban J connectivity index is 1.65. The lowest BCUT2D eigenvalue weighted by Crippen LogP contribution is -2.54. The van der Waals surface area contributed by atoms with E-state index in [4.69, 9.17) is 4.74 Å². The van der Waals surface area contributed by atoms with E-state index >= 15 is 0 Å². The van der Waals surface area contributed by atoms with Crippen LogP contribution in [0.1, 0.15) is 54.4 Å². The van der Waals surface area contributed by atoms with Crippen molar-refractivity contribution in [1.29, 1.82) is 0 Å². The minimum absolute atomic E-state index is 0.00272. The van der Waals surface area contributed by atoms with Gasteiger partial charge in [0.05, 0.1) is 5.56 Å². The fourth-order valence-corrected chi connectivity index (χ4v) is 4.01. The minimum Gasteiger partial charge on any atom is -0.448 e. The van der Waals surface area contributed by atoms with E-state index in [0.717, 1.165) is 18.4 Å². The summed E-state index contributed by atoms with van der Waals surface area (Å²) in [6.45, 7) is 0.606. The summed E-state index contributed by atoms with van der Waals surface area (Å²) in [4.78, 5) is 27.0. The topological polar surface area (TPSA) is 58.6 Å². The third-order valence-electron chi connectivity index (χ3n) is 5.76. The number of hydrogen-bond acceptors (Lipinski definition) is 4. The van der Waals surface area contributed by atoms with Gasteiger partial charge >= 0.3 is 5.97 Å². The number of carbonyl (C=O) groups excluding carboxylic acids is 2. The van der Waals surface area contributed by atoms with E-state index in [0.29, 0.717) is 18.5 Å². The maximum absolute atomic E-state index is 12.6. The molecular weight excluding hydrogens is 316 g/mol. The Morgan fingerprint density at radius 1 is 1.20 bits per heavy atom. The van der Waals surface area contributed by atoms with Gasteiger partial charge in [-0.3, -0.25) is 4.79 Å². The van der Waals surface area contributed by atoms with Crippen LogP contribution in [0.4, 0.5) is 0 Å². The van der Waals surface area contributed by atoms with Crippen molar-refractivity contribution in [3.8, 4) is 0 Å². The summed E-state index contributed by atoms with van der Waals surface area (Å²) in [5, 5.41) is 3.07. The van der Waals surface area contributed by atoms with Crippen molar-refractivity contribution in [3.63, 3.8) is 0 Å². The SMILES string of the molecule is CN(C)C1(CNC(=O)[C@@H]2Cc3ccccc3C(=O)O2)CCCCCC1. The van der Waals surface area contributed by atoms with Crippen LogP contribution in [0.3, 0.4) is 0 Å². The van der Waals surface area contributed by atoms with E-state index in [1.807, 2.05) is 18.2 Å². The van der Waals surface area contributed by atoms with Gasteiger partial charge in [0.15, 0.2) is 6.10 Å². The quantitative estimate of drug-likeness (QED) is 0.674. The molecule has 0 unspecified atom stereocenters. The molecule has 0 saturated heterocycles. The first kappa shape index (κ1) is 17.9. The number of rotatable bonds is 4. The Morgan fingerprint density at radius 3 is 2.56 bits per heavy atom. The zero-order valence-electron chi connectivity index (χ0n) is 15.2. The Labute approximate surface area is 149 Å². The summed E-state index contributed by atoms with van der Waals surface area (Å²) in [5.41, 5.74) is 1.46. The van der Waals surface area contributed by atoms with E-state index in [9.17, 15) is 9.59 Å². The lowest BCUT2D eigenvalue weighted by molar-refractivity contribution is -0.131. The molecule has 1 heterocycles. The van der Waals surface area contributed by atoms with Crippen molar-refractivity contribution in [1.82, 2.24) is 10.2 Å². The van der Waals surface area contributed by atoms with Gasteiger partial charge in [-0.2, -0.15) is 0 Å². The number of esters is 1. The van der Waals surface area contributed by atoms with Crippen molar-refractivity contribution >= 4 is 11.9 Å². The maximum Gasteiger partial charge on any atom is 0.339 e. The number of benzene rings is 1. The van der Waals surface area contributed by atoms with Gasteiger partial charge in [-0.1, -0.05) is 43.9 Å². The van der Waals surface area contributed by atoms with Crippen LogP contribution in [0.5, 0.6) is 0 Å². The number of nitrogens with zero attached hydrogens (tertiary/aromatic N) is 1. The molecule has 1 N–H and O–H groups in total. The standard InChI is InChI=1S/C20H28N2O3/c1-22(2)20(11-7-3-4-8-12-20)14-21-18(23)17-13-15-9-5-6-10-16(15)19(24)25-17/h5-6,9-10,17H,3-4,7-8,11-14H2,1-2H3,(H,21,23)/t17-/m0/s1. The molecule has 0 radical (unpaired) electrons. The van der Waals surface area contributed by atoms with Crippen LogP contribution in [-0.2, 0) is 16.0 Å². The molecule has 1 fully saturated rings. The summed E-state index contributed by atoms with van der Waals surface area (Å²) >= 11 is 0. The van der Waals surface area contributed by atoms with Crippen LogP contribution < -0.4 is 5.32 Å². The lowest BCUT2D eigenvalue weighted by Gasteiger charge is -2.40. The third kappa shape index (κ3) is 3.87. The number of amides is 1. The highest BCUT2D eigenvalue weighted by molar-refractivity contribution is 5.95. The van der Waals surface area contributed by atoms with Gasteiger partial charge in [0.1, 0.15) is 0 Å². The first-order valence-electron chi connectivity index (χ1n) is 9.26. The van der Waals surface area contributed by atoms with E-state index in [-0.39, 0.29) is 11.4 Å². The second kappa shape index (κ2) is 7.56. The van der Waals surface area contributed by atoms with Crippen LogP contribution in [0, 0.1) is 0 Å². The van der Waals surface area contributed by atoms with Gasteiger partial charge in [-0.15, -0.1) is 0 Å². The first-order chi connectivity index (χ1) is 12.0. The van der Waals surface area contributed by atoms with E-state index in [1.165, 1.54) is 25.7 Å². The molecule has 5 nitrogen and oxygen atoms in total. The second-order valence-corrected chi connectivity index (χ2v) is 7.51. The normalized spacial score (nSPS) is 22.7. The number of fused-ring (bicyclic) bond motifs is 1. The van der Waals surface area contributed by atoms with Crippen molar-refractivity contribution in [2.24, 2.45) is 0 Å². The monoisotopic (exact) mass is 344 g/mol. The van der Waals surface area contributed by atoms with Crippen molar-refractivity contribution in [2.75, 3.05) is 20.6 Å². The fraction of sp³-hybridized carbons (Fsp3) is 0.600. The summed E-state index contributed by atoms with van der Waals surface area (Å²) in [6.07, 6.45) is 6.82. The van der Waals surface area contributed by atoms with Crippen LogP contribution in [-0.4, -0.2) is 49.1 Å². The predicted molar refractivity (Wildman–Crippen MR) is 96.5 cm³/mol. The molecule has 25 heavy (non-hydrogen) atoms. The van der Waals surface area contributed by atoms with Gasteiger partial charge in [0, 0.05) is 18.5 Å². The molecule has 1 amide bonds. The Hall–Kier alpha value is -1.88. The van der Waals surface area contributed by atoms with Crippen molar-refractivity contribution in [3.05, 3.63) is 35.4 Å². The molecule has 0 spiro atoms.